The van der Waals surface area contributed by atoms with Crippen LogP contribution in [0.4, 0.5) is 0 Å². The maximum absolute atomic E-state index is 5.48. The maximum Gasteiger partial charge on any atom is 0.164 e. The summed E-state index contributed by atoms with van der Waals surface area (Å²) in [6.07, 6.45) is 0. The summed E-state index contributed by atoms with van der Waals surface area (Å²) in [6.45, 7) is 0. The largest absolute Gasteiger partial charge is 0.308 e. The van der Waals surface area contributed by atoms with Crippen molar-refractivity contribution in [3.05, 3.63) is 218 Å². The molecule has 0 radical (unpaired) electrons. The molecule has 0 spiro atoms. The summed E-state index contributed by atoms with van der Waals surface area (Å²) >= 11 is 3.71. The van der Waals surface area contributed by atoms with E-state index in [9.17, 15) is 0 Å². The van der Waals surface area contributed by atoms with Crippen LogP contribution in [0.1, 0.15) is 0 Å². The molecule has 5 heterocycles. The van der Waals surface area contributed by atoms with Gasteiger partial charge in [0.2, 0.25) is 0 Å². The first kappa shape index (κ1) is 38.5. The summed E-state index contributed by atoms with van der Waals surface area (Å²) in [5, 5.41) is 7.49. The van der Waals surface area contributed by atoms with Gasteiger partial charge in [-0.2, -0.15) is 0 Å². The van der Waals surface area contributed by atoms with Gasteiger partial charge in [-0.1, -0.05) is 176 Å². The Kier molecular flexibility index (Phi) is 8.37. The molecule has 0 N–H and O–H groups in total. The fraction of sp³-hybridized carbons (Fsp3) is 0. The Morgan fingerprint density at radius 1 is 0.290 bits per heavy atom. The molecule has 0 saturated carbocycles. The third-order valence-corrected chi connectivity index (χ3v) is 16.4. The van der Waals surface area contributed by atoms with Crippen LogP contribution in [0.15, 0.2) is 218 Å². The molecule has 1 aliphatic heterocycles. The minimum atomic E-state index is 0.620. The topological polar surface area (TPSA) is 43.6 Å². The minimum Gasteiger partial charge on any atom is -0.308 e. The van der Waals surface area contributed by atoms with E-state index < -0.39 is 0 Å². The molecule has 14 aromatic rings. The van der Waals surface area contributed by atoms with Crippen LogP contribution in [0.25, 0.3) is 147 Å². The highest BCUT2D eigenvalue weighted by molar-refractivity contribution is 7.26. The lowest BCUT2D eigenvalue weighted by molar-refractivity contribution is 1.07. The SMILES string of the molecule is c1ccc(-c2nc(-c3cc(-c4cccc5c4sc4ccccc45)cc(-c4cccc5c4sc4ccccc45)c3)nc(-c3ccc4c5cccc6c5n(c4c3)-c3ccccc3-c3ccccc3-6)n2)cc1. The van der Waals surface area contributed by atoms with E-state index in [-0.39, 0.29) is 0 Å². The average molecular weight is 913 g/mol. The van der Waals surface area contributed by atoms with Crippen LogP contribution in [0, 0.1) is 0 Å². The van der Waals surface area contributed by atoms with Gasteiger partial charge in [-0.3, -0.25) is 0 Å². The molecule has 1 aliphatic rings. The summed E-state index contributed by atoms with van der Waals surface area (Å²) in [4.78, 5) is 16.1. The molecular weight excluding hydrogens is 877 g/mol. The van der Waals surface area contributed by atoms with Gasteiger partial charge in [0.25, 0.3) is 0 Å². The monoisotopic (exact) mass is 912 g/mol. The molecule has 0 saturated heterocycles. The zero-order chi connectivity index (χ0) is 45.2. The number of nitrogens with zero attached hydrogens (tertiary/aromatic N) is 4. The number of para-hydroxylation sites is 2. The second-order valence-electron chi connectivity index (χ2n) is 17.9. The van der Waals surface area contributed by atoms with Crippen molar-refractivity contribution < 1.29 is 0 Å². The molecule has 0 bridgehead atoms. The molecular formula is C63H36N4S2. The molecule has 320 valence electrons. The van der Waals surface area contributed by atoms with Gasteiger partial charge in [-0.05, 0) is 75.8 Å². The number of hydrogen-bond acceptors (Lipinski definition) is 5. The molecule has 0 fully saturated rings. The van der Waals surface area contributed by atoms with Crippen LogP contribution in [-0.2, 0) is 0 Å². The maximum atomic E-state index is 5.48. The smallest absolute Gasteiger partial charge is 0.164 e. The third-order valence-electron chi connectivity index (χ3n) is 14.0. The highest BCUT2D eigenvalue weighted by atomic mass is 32.1. The van der Waals surface area contributed by atoms with E-state index in [0.29, 0.717) is 17.5 Å². The first-order chi connectivity index (χ1) is 34.2. The number of fused-ring (bicyclic) bond motifs is 14. The summed E-state index contributed by atoms with van der Waals surface area (Å²) in [6, 6.07) is 79.1. The van der Waals surface area contributed by atoms with Crippen LogP contribution in [-0.4, -0.2) is 19.5 Å². The fourth-order valence-corrected chi connectivity index (χ4v) is 13.4. The van der Waals surface area contributed by atoms with Crippen LogP contribution in [0.2, 0.25) is 0 Å². The zero-order valence-corrected chi connectivity index (χ0v) is 38.5. The summed E-state index contributed by atoms with van der Waals surface area (Å²) < 4.78 is 7.55. The van der Waals surface area contributed by atoms with Crippen molar-refractivity contribution in [3.8, 4) is 84.4 Å². The lowest BCUT2D eigenvalue weighted by Gasteiger charge is -2.14. The first-order valence-electron chi connectivity index (χ1n) is 23.3. The van der Waals surface area contributed by atoms with Gasteiger partial charge in [0, 0.05) is 78.9 Å². The van der Waals surface area contributed by atoms with Crippen molar-refractivity contribution in [2.75, 3.05) is 0 Å². The zero-order valence-electron chi connectivity index (χ0n) is 36.9. The predicted octanol–water partition coefficient (Wildman–Crippen LogP) is 17.7. The molecule has 10 aromatic carbocycles. The Labute approximate surface area is 404 Å². The van der Waals surface area contributed by atoms with E-state index in [1.54, 1.807) is 0 Å². The molecule has 4 nitrogen and oxygen atoms in total. The number of aromatic nitrogens is 4. The molecule has 15 rings (SSSR count). The van der Waals surface area contributed by atoms with Gasteiger partial charge in [-0.25, -0.2) is 15.0 Å². The standard InChI is InChI=1S/C63H36N4S2/c1-2-15-37(16-3-1)61-64-62(38-31-32-47-51-25-14-24-50-45-18-5-4-17-44(45)46-19-6-9-28-54(46)67(58(50)51)55(47)36-38)66-63(65-61)41-34-39(42-22-12-26-52-48-20-7-10-29-56(48)68-59(42)52)33-40(35-41)43-23-13-27-53-49-21-8-11-30-57(49)69-60(43)53/h1-36H. The summed E-state index contributed by atoms with van der Waals surface area (Å²) in [5.41, 5.74) is 15.8. The van der Waals surface area contributed by atoms with Crippen LogP contribution in [0.3, 0.4) is 0 Å². The number of thiophene rings is 2. The normalized spacial score (nSPS) is 12.1. The molecule has 0 aliphatic carbocycles. The van der Waals surface area contributed by atoms with Crippen LogP contribution in [0.5, 0.6) is 0 Å². The molecule has 0 amide bonds. The van der Waals surface area contributed by atoms with E-state index in [1.807, 2.05) is 40.9 Å². The number of benzene rings is 10. The molecule has 69 heavy (non-hydrogen) atoms. The van der Waals surface area contributed by atoms with Crippen LogP contribution < -0.4 is 0 Å². The van der Waals surface area contributed by atoms with Crippen molar-refractivity contribution in [1.29, 1.82) is 0 Å². The van der Waals surface area contributed by atoms with Gasteiger partial charge in [0.05, 0.1) is 16.7 Å². The second-order valence-corrected chi connectivity index (χ2v) is 20.0. The Bertz CT molecular complexity index is 4310. The Hall–Kier alpha value is -8.55. The number of hydrogen-bond donors (Lipinski definition) is 0. The minimum absolute atomic E-state index is 0.620. The third kappa shape index (κ3) is 5.89. The van der Waals surface area contributed by atoms with Crippen molar-refractivity contribution >= 4 is 84.8 Å². The molecule has 4 aromatic heterocycles. The summed E-state index contributed by atoms with van der Waals surface area (Å²) in [5.74, 6) is 1.87. The van der Waals surface area contributed by atoms with E-state index in [2.05, 4.69) is 205 Å². The van der Waals surface area contributed by atoms with Gasteiger partial charge in [0.1, 0.15) is 0 Å². The van der Waals surface area contributed by atoms with E-state index in [0.717, 1.165) is 39.0 Å². The van der Waals surface area contributed by atoms with Gasteiger partial charge < -0.3 is 4.57 Å². The van der Waals surface area contributed by atoms with Crippen LogP contribution >= 0.6 is 22.7 Å². The molecule has 6 heteroatoms. The van der Waals surface area contributed by atoms with Crippen molar-refractivity contribution in [1.82, 2.24) is 19.5 Å². The van der Waals surface area contributed by atoms with Gasteiger partial charge in [-0.15, -0.1) is 22.7 Å². The quantitative estimate of drug-likeness (QED) is 0.173. The lowest BCUT2D eigenvalue weighted by atomic mass is 9.94. The second kappa shape index (κ2) is 15.0. The Balaban J connectivity index is 0.986. The van der Waals surface area contributed by atoms with E-state index >= 15 is 0 Å². The average Bonchev–Trinajstić information content (AvgIpc) is 4.08. The molecule has 0 unspecified atom stereocenters. The highest BCUT2D eigenvalue weighted by Crippen LogP contribution is 2.48. The van der Waals surface area contributed by atoms with Crippen molar-refractivity contribution in [2.45, 2.75) is 0 Å². The first-order valence-corrected chi connectivity index (χ1v) is 24.9. The predicted molar refractivity (Wildman–Crippen MR) is 292 cm³/mol. The highest BCUT2D eigenvalue weighted by Gasteiger charge is 2.25. The Morgan fingerprint density at radius 2 is 0.768 bits per heavy atom. The van der Waals surface area contributed by atoms with Crippen molar-refractivity contribution in [3.63, 3.8) is 0 Å². The lowest BCUT2D eigenvalue weighted by Crippen LogP contribution is -2.01. The fourth-order valence-electron chi connectivity index (χ4n) is 10.9. The molecule has 0 atom stereocenters. The van der Waals surface area contributed by atoms with Crippen molar-refractivity contribution in [2.24, 2.45) is 0 Å². The number of rotatable bonds is 5. The Morgan fingerprint density at radius 3 is 1.43 bits per heavy atom. The summed E-state index contributed by atoms with van der Waals surface area (Å²) in [7, 11) is 0. The van der Waals surface area contributed by atoms with E-state index in [4.69, 9.17) is 15.0 Å². The van der Waals surface area contributed by atoms with Gasteiger partial charge >= 0.3 is 0 Å². The van der Waals surface area contributed by atoms with E-state index in [1.165, 1.54) is 90.0 Å². The van der Waals surface area contributed by atoms with Gasteiger partial charge in [0.15, 0.2) is 17.5 Å².